The molecule has 9 nitrogen and oxygen atoms in total. The molecule has 53 heavy (non-hydrogen) atoms. The molecule has 2 saturated carbocycles. The number of ether oxygens (including phenoxy) is 1. The number of para-hydroxylation sites is 1. The Bertz CT molecular complexity index is 1720. The third-order valence-electron chi connectivity index (χ3n) is 11.9. The number of thiophene rings is 1. The van der Waals surface area contributed by atoms with Crippen molar-refractivity contribution < 1.29 is 20.5 Å². The Morgan fingerprint density at radius 1 is 0.925 bits per heavy atom. The van der Waals surface area contributed by atoms with Crippen molar-refractivity contribution in [2.45, 2.75) is 102 Å². The Balaban J connectivity index is 1.05. The highest BCUT2D eigenvalue weighted by molar-refractivity contribution is 7.09. The largest absolute Gasteiger partial charge is 0.415 e. The number of amides is 3. The summed E-state index contributed by atoms with van der Waals surface area (Å²) in [5, 5.41) is 9.10. The molecule has 3 amide bonds. The highest BCUT2D eigenvalue weighted by atomic mass is 35.5. The third-order valence-corrected chi connectivity index (χ3v) is 13.1. The van der Waals surface area contributed by atoms with E-state index in [1.165, 1.54) is 16.9 Å². The molecule has 0 unspecified atom stereocenters. The van der Waals surface area contributed by atoms with Crippen LogP contribution in [0, 0.1) is 11.3 Å². The van der Waals surface area contributed by atoms with Gasteiger partial charge in [0, 0.05) is 38.5 Å². The van der Waals surface area contributed by atoms with E-state index in [4.69, 9.17) is 16.3 Å². The second-order valence-electron chi connectivity index (χ2n) is 15.5. The van der Waals surface area contributed by atoms with Crippen LogP contribution in [0.1, 0.15) is 82.4 Å². The predicted octanol–water partition coefficient (Wildman–Crippen LogP) is 7.49. The number of likely N-dealkylation sites (tertiary alicyclic amines) is 1. The second-order valence-corrected chi connectivity index (χ2v) is 17.0. The van der Waals surface area contributed by atoms with Crippen LogP contribution in [0.5, 0.6) is 5.75 Å². The minimum Gasteiger partial charge on any atom is -0.409 e. The fourth-order valence-electron chi connectivity index (χ4n) is 8.88. The van der Waals surface area contributed by atoms with Gasteiger partial charge in [-0.05, 0) is 85.5 Å². The molecule has 3 aromatic rings. The molecule has 4 aliphatic rings. The van der Waals surface area contributed by atoms with Crippen LogP contribution in [-0.4, -0.2) is 83.5 Å². The van der Waals surface area contributed by atoms with Gasteiger partial charge in [-0.1, -0.05) is 92.2 Å². The number of hydrogen-bond acceptors (Lipinski definition) is 7. The van der Waals surface area contributed by atoms with E-state index in [1.54, 1.807) is 40.5 Å². The summed E-state index contributed by atoms with van der Waals surface area (Å²) in [5.74, 6) is -0.917. The van der Waals surface area contributed by atoms with Gasteiger partial charge in [-0.15, -0.1) is 11.3 Å². The molecule has 2 N–H and O–H groups in total. The first-order chi connectivity index (χ1) is 26.2. The summed E-state index contributed by atoms with van der Waals surface area (Å²) in [6.45, 7) is 3.94. The zero-order chi connectivity index (χ0) is 37.5. The zero-order valence-electron chi connectivity index (χ0n) is 31.6. The summed E-state index contributed by atoms with van der Waals surface area (Å²) in [4.78, 5) is 49.0. The molecular weight excluding hydrogens is 706 g/mol. The average molecular weight is 761 g/mol. The van der Waals surface area contributed by atoms with Gasteiger partial charge >= 0.3 is 6.09 Å². The number of halogens is 1. The smallest absolute Gasteiger partial charge is 0.409 e. The number of carbonyl (C=O) groups excluding carboxylic acids is 3. The maximum Gasteiger partial charge on any atom is 0.415 e. The molecule has 2 aliphatic carbocycles. The van der Waals surface area contributed by atoms with E-state index in [0.717, 1.165) is 82.3 Å². The maximum absolute atomic E-state index is 14.9. The van der Waals surface area contributed by atoms with Gasteiger partial charge in [0.1, 0.15) is 6.04 Å². The van der Waals surface area contributed by atoms with Gasteiger partial charge in [0.05, 0.1) is 24.2 Å². The molecule has 2 atom stereocenters. The molecule has 7 rings (SSSR count). The Morgan fingerprint density at radius 3 is 2.45 bits per heavy atom. The summed E-state index contributed by atoms with van der Waals surface area (Å²) in [7, 11) is 0. The minimum absolute atomic E-state index is 0.00450. The number of nitrogens with zero attached hydrogens (tertiary/aromatic N) is 3. The molecule has 3 heterocycles. The lowest BCUT2D eigenvalue weighted by Crippen LogP contribution is -2.65. The van der Waals surface area contributed by atoms with Crippen molar-refractivity contribution >= 4 is 40.8 Å². The first-order valence-corrected chi connectivity index (χ1v) is 20.8. The fraction of sp³-hybridized carbons (Fsp3) is 0.548. The second kappa shape index (κ2) is 17.8. The number of hydrogen-bond donors (Lipinski definition) is 2. The van der Waals surface area contributed by atoms with Crippen LogP contribution in [0.15, 0.2) is 72.1 Å². The maximum atomic E-state index is 14.9. The van der Waals surface area contributed by atoms with E-state index < -0.39 is 24.1 Å². The Hall–Kier alpha value is -3.44. The SMILES string of the molecule is [2H]C1(C[C@H](NC2CCC3(CC2)CCN(Cc2ccccc2)C3)C(=O)N2CCN(C(=O)Oc3ccccc3Cl)C[C@H]2C(=O)NCc2cccs2)CCCCC1. The molecule has 1 aromatic heterocycles. The van der Waals surface area contributed by atoms with Crippen molar-refractivity contribution in [1.82, 2.24) is 25.3 Å². The average Bonchev–Trinajstić information content (AvgIpc) is 3.86. The van der Waals surface area contributed by atoms with Gasteiger partial charge in [0.15, 0.2) is 5.75 Å². The molecular formula is C42H54ClN5O4S. The molecule has 1 spiro atoms. The molecule has 2 saturated heterocycles. The van der Waals surface area contributed by atoms with E-state index in [2.05, 4.69) is 45.9 Å². The normalized spacial score (nSPS) is 25.5. The van der Waals surface area contributed by atoms with Crippen molar-refractivity contribution in [2.24, 2.45) is 11.3 Å². The molecule has 284 valence electrons. The Morgan fingerprint density at radius 2 is 1.70 bits per heavy atom. The molecule has 4 fully saturated rings. The first kappa shape index (κ1) is 36.5. The van der Waals surface area contributed by atoms with Crippen LogP contribution in [0.4, 0.5) is 4.79 Å². The number of piperazine rings is 1. The van der Waals surface area contributed by atoms with Crippen molar-refractivity contribution in [3.8, 4) is 5.75 Å². The van der Waals surface area contributed by atoms with E-state index in [-0.39, 0.29) is 43.2 Å². The lowest BCUT2D eigenvalue weighted by atomic mass is 9.71. The highest BCUT2D eigenvalue weighted by Gasteiger charge is 2.44. The molecule has 11 heteroatoms. The summed E-state index contributed by atoms with van der Waals surface area (Å²) < 4.78 is 15.1. The van der Waals surface area contributed by atoms with Crippen LogP contribution in [-0.2, 0) is 22.7 Å². The fourth-order valence-corrected chi connectivity index (χ4v) is 9.70. The summed E-state index contributed by atoms with van der Waals surface area (Å²) in [5.41, 5.74) is 1.67. The van der Waals surface area contributed by atoms with Gasteiger partial charge in [0.2, 0.25) is 11.8 Å². The predicted molar refractivity (Wildman–Crippen MR) is 210 cm³/mol. The van der Waals surface area contributed by atoms with E-state index in [9.17, 15) is 15.8 Å². The molecule has 0 radical (unpaired) electrons. The summed E-state index contributed by atoms with van der Waals surface area (Å²) in [6.07, 6.45) is 9.87. The molecule has 2 aliphatic heterocycles. The third kappa shape index (κ3) is 9.82. The topological polar surface area (TPSA) is 94.2 Å². The lowest BCUT2D eigenvalue weighted by Gasteiger charge is -2.43. The van der Waals surface area contributed by atoms with Crippen molar-refractivity contribution in [3.05, 3.63) is 87.6 Å². The standard InChI is InChI=1S/C42H54ClN5O4S/c43-35-15-7-8-16-38(35)52-41(51)47-23-24-48(37(29-47)39(49)44-27-34-14-9-25-53-34)40(50)36(26-31-10-3-1-4-11-31)45-33-17-19-42(20-18-33)21-22-46(30-42)28-32-12-5-2-6-13-32/h2,5-9,12-16,25,31,33,36-37,45H,1,3-4,10-11,17-24,26-30H2,(H,44,49)/t33?,36-,37-,42?/m0/s1/i31D. The van der Waals surface area contributed by atoms with Crippen LogP contribution < -0.4 is 15.4 Å². The van der Waals surface area contributed by atoms with Crippen molar-refractivity contribution in [1.29, 1.82) is 0 Å². The van der Waals surface area contributed by atoms with Crippen LogP contribution >= 0.6 is 22.9 Å². The number of nitrogens with one attached hydrogen (secondary N) is 2. The van der Waals surface area contributed by atoms with Crippen molar-refractivity contribution in [2.75, 3.05) is 32.7 Å². The minimum atomic E-state index is -0.911. The summed E-state index contributed by atoms with van der Waals surface area (Å²) >= 11 is 7.83. The zero-order valence-corrected chi connectivity index (χ0v) is 32.2. The first-order valence-electron chi connectivity index (χ1n) is 20.0. The summed E-state index contributed by atoms with van der Waals surface area (Å²) in [6, 6.07) is 20.0. The van der Waals surface area contributed by atoms with Crippen LogP contribution in [0.3, 0.4) is 0 Å². The Labute approximate surface area is 324 Å². The number of benzene rings is 2. The van der Waals surface area contributed by atoms with Crippen LogP contribution in [0.2, 0.25) is 5.02 Å². The van der Waals surface area contributed by atoms with Gasteiger partial charge < -0.3 is 25.2 Å². The number of carbonyl (C=O) groups is 3. The number of rotatable bonds is 11. The lowest BCUT2D eigenvalue weighted by molar-refractivity contribution is -0.145. The molecule has 0 bridgehead atoms. The highest BCUT2D eigenvalue weighted by Crippen LogP contribution is 2.44. The van der Waals surface area contributed by atoms with Crippen molar-refractivity contribution in [3.63, 3.8) is 0 Å². The van der Waals surface area contributed by atoms with E-state index in [1.807, 2.05) is 17.5 Å². The van der Waals surface area contributed by atoms with Gasteiger partial charge in [0.25, 0.3) is 0 Å². The van der Waals surface area contributed by atoms with Gasteiger partial charge in [-0.25, -0.2) is 4.79 Å². The van der Waals surface area contributed by atoms with Gasteiger partial charge in [-0.2, -0.15) is 0 Å². The molecule has 2 aromatic carbocycles. The van der Waals surface area contributed by atoms with Gasteiger partial charge in [-0.3, -0.25) is 14.5 Å². The quantitative estimate of drug-likeness (QED) is 0.211. The van der Waals surface area contributed by atoms with E-state index >= 15 is 0 Å². The van der Waals surface area contributed by atoms with Crippen LogP contribution in [0.25, 0.3) is 0 Å². The van der Waals surface area contributed by atoms with E-state index in [0.29, 0.717) is 23.4 Å². The Kier molecular flexibility index (Phi) is 12.3. The monoisotopic (exact) mass is 760 g/mol.